The SMILES string of the molecule is Nc1nc2c(ncn2[C@@H]2O[C@H](CO)[C@@H](F)[C@H]2P(O)(=S)OC[C@@H](OCCO[P+](=O)S)c2cnc3c(N)ncnn23)c(=O)[nH]1. The zero-order chi connectivity index (χ0) is 30.2. The third kappa shape index (κ3) is 6.02. The summed E-state index contributed by atoms with van der Waals surface area (Å²) >= 11 is 9.12. The lowest BCUT2D eigenvalue weighted by atomic mass is 10.2. The number of H-pyrrole nitrogens is 1. The standard InChI is InChI=1S/C19H23FN10O8P2S2/c20-11-9(4-31)38-18(29-7-25-12-15(29)27-19(22)28-17(12)32)13(11)40(34,42)37-5-10(35-1-2-36-39(33)41)8-3-23-16-14(21)24-6-26-30(8)16/h3,6-7,9-11,13,18,31H,1-2,4-5H2,(H6-,21,22,24,26,27,28,32,33,34,41,42)/p+1/t9-,10-,11-,13-,18-,40?/m1/s1. The van der Waals surface area contributed by atoms with Gasteiger partial charge < -0.3 is 35.5 Å². The van der Waals surface area contributed by atoms with Gasteiger partial charge in [-0.3, -0.25) is 14.3 Å². The summed E-state index contributed by atoms with van der Waals surface area (Å²) in [4.78, 5) is 42.2. The number of halogens is 1. The predicted octanol–water partition coefficient (Wildman–Crippen LogP) is -0.00180. The smallest absolute Gasteiger partial charge is 0.394 e. The van der Waals surface area contributed by atoms with Crippen LogP contribution in [0, 0.1) is 0 Å². The van der Waals surface area contributed by atoms with Crippen molar-refractivity contribution in [3.8, 4) is 0 Å². The van der Waals surface area contributed by atoms with Gasteiger partial charge >= 0.3 is 7.23 Å². The minimum Gasteiger partial charge on any atom is -0.394 e. The summed E-state index contributed by atoms with van der Waals surface area (Å²) in [6.07, 6.45) is -2.03. The largest absolute Gasteiger partial charge is 0.582 e. The van der Waals surface area contributed by atoms with Gasteiger partial charge in [0.2, 0.25) is 5.95 Å². The fourth-order valence-corrected chi connectivity index (χ4v) is 7.34. The Hall–Kier alpha value is -2.71. The second-order valence-corrected chi connectivity index (χ2v) is 14.1. The van der Waals surface area contributed by atoms with Crippen molar-refractivity contribution in [2.45, 2.75) is 30.3 Å². The maximum atomic E-state index is 15.7. The number of rotatable bonds is 12. The summed E-state index contributed by atoms with van der Waals surface area (Å²) in [5, 5.41) is 13.9. The van der Waals surface area contributed by atoms with Crippen molar-refractivity contribution in [1.29, 1.82) is 0 Å². The maximum Gasteiger partial charge on any atom is 0.582 e. The van der Waals surface area contributed by atoms with Crippen LogP contribution in [0.2, 0.25) is 0 Å². The normalized spacial score (nSPS) is 23.4. The van der Waals surface area contributed by atoms with E-state index in [-0.39, 0.29) is 41.8 Å². The molecule has 1 aliphatic heterocycles. The number of nitrogens with two attached hydrogens (primary N) is 2. The minimum atomic E-state index is -4.15. The van der Waals surface area contributed by atoms with Crippen LogP contribution in [0.5, 0.6) is 0 Å². The van der Waals surface area contributed by atoms with Gasteiger partial charge in [-0.05, 0) is 16.4 Å². The summed E-state index contributed by atoms with van der Waals surface area (Å²) in [7, 11) is -2.18. The average molecular weight is 666 g/mol. The van der Waals surface area contributed by atoms with Gasteiger partial charge in [-0.15, -0.1) is 4.52 Å². The Labute approximate surface area is 245 Å². The summed E-state index contributed by atoms with van der Waals surface area (Å²) in [6, 6.07) is 0. The molecule has 23 heteroatoms. The van der Waals surface area contributed by atoms with Crippen LogP contribution < -0.4 is 17.0 Å². The highest BCUT2D eigenvalue weighted by atomic mass is 32.7. The van der Waals surface area contributed by atoms with E-state index in [4.69, 9.17) is 41.8 Å². The van der Waals surface area contributed by atoms with Crippen LogP contribution in [0.15, 0.2) is 23.6 Å². The topological polar surface area (TPSA) is 253 Å². The third-order valence-corrected chi connectivity index (χ3v) is 9.88. The number of fused-ring (bicyclic) bond motifs is 2. The van der Waals surface area contributed by atoms with Crippen molar-refractivity contribution in [2.75, 3.05) is 37.9 Å². The predicted molar refractivity (Wildman–Crippen MR) is 151 cm³/mol. The number of aromatic amines is 1. The van der Waals surface area contributed by atoms with Gasteiger partial charge in [-0.25, -0.2) is 23.9 Å². The van der Waals surface area contributed by atoms with E-state index in [1.165, 1.54) is 21.6 Å². The molecule has 4 aromatic rings. The molecule has 7 atom stereocenters. The number of nitrogens with zero attached hydrogens (tertiary/aromatic N) is 7. The van der Waals surface area contributed by atoms with Crippen LogP contribution in [0.1, 0.15) is 18.0 Å². The molecule has 4 aromatic heterocycles. The Morgan fingerprint density at radius 3 is 2.83 bits per heavy atom. The monoisotopic (exact) mass is 665 g/mol. The van der Waals surface area contributed by atoms with Crippen molar-refractivity contribution >= 4 is 66.4 Å². The molecule has 0 radical (unpaired) electrons. The highest BCUT2D eigenvalue weighted by molar-refractivity contribution is 8.39. The Morgan fingerprint density at radius 1 is 1.31 bits per heavy atom. The zero-order valence-corrected chi connectivity index (χ0v) is 24.7. The molecule has 1 saturated heterocycles. The summed E-state index contributed by atoms with van der Waals surface area (Å²) in [5.41, 5.74) is 9.72. The molecule has 2 unspecified atom stereocenters. The average Bonchev–Trinajstić information content (AvgIpc) is 3.64. The first-order valence-electron chi connectivity index (χ1n) is 12.0. The van der Waals surface area contributed by atoms with Crippen LogP contribution in [0.25, 0.3) is 16.8 Å². The number of aliphatic hydroxyl groups excluding tert-OH is 1. The Balaban J connectivity index is 1.44. The van der Waals surface area contributed by atoms with Gasteiger partial charge in [0.1, 0.15) is 49.2 Å². The lowest BCUT2D eigenvalue weighted by molar-refractivity contribution is -0.0326. The van der Waals surface area contributed by atoms with E-state index in [2.05, 4.69) is 42.3 Å². The lowest BCUT2D eigenvalue weighted by Gasteiger charge is -2.29. The number of hydrogen-bond acceptors (Lipinski definition) is 15. The van der Waals surface area contributed by atoms with Crippen molar-refractivity contribution < 1.29 is 37.5 Å². The van der Waals surface area contributed by atoms with Gasteiger partial charge in [0, 0.05) is 0 Å². The Bertz CT molecular complexity index is 1720. The number of nitrogen functional groups attached to an aromatic ring is 2. The van der Waals surface area contributed by atoms with Gasteiger partial charge in [-0.2, -0.15) is 10.1 Å². The second-order valence-electron chi connectivity index (χ2n) is 8.81. The lowest BCUT2D eigenvalue weighted by Crippen LogP contribution is -2.31. The summed E-state index contributed by atoms with van der Waals surface area (Å²) in [6.45, 7) is -5.55. The fraction of sp³-hybridized carbons (Fsp3) is 0.474. The molecule has 0 saturated carbocycles. The molecule has 5 rings (SSSR count). The van der Waals surface area contributed by atoms with Crippen LogP contribution in [-0.4, -0.2) is 93.5 Å². The molecule has 18 nitrogen and oxygen atoms in total. The van der Waals surface area contributed by atoms with E-state index in [0.717, 1.165) is 6.33 Å². The molecule has 0 aromatic carbocycles. The van der Waals surface area contributed by atoms with E-state index >= 15 is 4.39 Å². The zero-order valence-electron chi connectivity index (χ0n) is 21.2. The first-order chi connectivity index (χ1) is 20.0. The summed E-state index contributed by atoms with van der Waals surface area (Å²) < 4.78 is 51.7. The molecule has 5 heterocycles. The van der Waals surface area contributed by atoms with Crippen molar-refractivity contribution in [3.63, 3.8) is 0 Å². The van der Waals surface area contributed by atoms with Gasteiger partial charge in [0.15, 0.2) is 35.3 Å². The highest BCUT2D eigenvalue weighted by Gasteiger charge is 2.53. The molecule has 1 fully saturated rings. The third-order valence-electron chi connectivity index (χ3n) is 6.27. The highest BCUT2D eigenvalue weighted by Crippen LogP contribution is 2.58. The molecule has 0 amide bonds. The van der Waals surface area contributed by atoms with E-state index in [1.54, 1.807) is 0 Å². The van der Waals surface area contributed by atoms with Gasteiger partial charge in [-0.1, -0.05) is 0 Å². The van der Waals surface area contributed by atoms with E-state index in [0.29, 0.717) is 5.69 Å². The van der Waals surface area contributed by atoms with E-state index < -0.39 is 62.8 Å². The Morgan fingerprint density at radius 2 is 2.10 bits per heavy atom. The van der Waals surface area contributed by atoms with E-state index in [9.17, 15) is 19.4 Å². The van der Waals surface area contributed by atoms with Crippen LogP contribution in [-0.2, 0) is 34.9 Å². The molecule has 1 aliphatic rings. The second kappa shape index (κ2) is 12.5. The van der Waals surface area contributed by atoms with Gasteiger partial charge in [0.25, 0.3) is 5.56 Å². The number of aromatic nitrogens is 8. The molecular weight excluding hydrogens is 641 g/mol. The van der Waals surface area contributed by atoms with Crippen LogP contribution in [0.3, 0.4) is 0 Å². The van der Waals surface area contributed by atoms with Gasteiger partial charge in [0.05, 0.1) is 38.0 Å². The molecular formula is C19H24FN10O8P2S2+. The number of anilines is 2. The summed E-state index contributed by atoms with van der Waals surface area (Å²) in [5.74, 6) is -0.150. The number of ether oxygens (including phenoxy) is 2. The number of nitrogens with one attached hydrogen (secondary N) is 1. The molecule has 42 heavy (non-hydrogen) atoms. The Kier molecular flexibility index (Phi) is 9.14. The number of imidazole rings is 2. The molecule has 226 valence electrons. The van der Waals surface area contributed by atoms with Crippen LogP contribution in [0.4, 0.5) is 16.2 Å². The number of aliphatic hydroxyl groups is 1. The first kappa shape index (κ1) is 30.7. The number of thiol groups is 1. The molecule has 0 spiro atoms. The maximum absolute atomic E-state index is 15.7. The number of alkyl halides is 1. The first-order valence-corrected chi connectivity index (χ1v) is 17.0. The number of hydrogen-bond donors (Lipinski definition) is 6. The minimum absolute atomic E-state index is 0.0567. The fourth-order valence-electron chi connectivity index (χ4n) is 4.41. The van der Waals surface area contributed by atoms with Crippen molar-refractivity contribution in [2.24, 2.45) is 0 Å². The van der Waals surface area contributed by atoms with Crippen molar-refractivity contribution in [1.82, 2.24) is 39.1 Å². The van der Waals surface area contributed by atoms with E-state index in [1.807, 2.05) is 0 Å². The molecule has 0 bridgehead atoms. The molecule has 0 aliphatic carbocycles. The van der Waals surface area contributed by atoms with Crippen LogP contribution >= 0.6 is 26.0 Å². The quantitative estimate of drug-likeness (QED) is 0.0661. The molecule has 7 N–H and O–H groups in total. The van der Waals surface area contributed by atoms with Crippen molar-refractivity contribution in [3.05, 3.63) is 34.9 Å².